The summed E-state index contributed by atoms with van der Waals surface area (Å²) in [4.78, 5) is 31.4. The summed E-state index contributed by atoms with van der Waals surface area (Å²) in [5, 5.41) is 6.16. The van der Waals surface area contributed by atoms with Crippen LogP contribution in [0.4, 0.5) is 5.82 Å². The van der Waals surface area contributed by atoms with Crippen LogP contribution in [0.25, 0.3) is 0 Å². The molecule has 2 aromatic rings. The summed E-state index contributed by atoms with van der Waals surface area (Å²) in [6.45, 7) is 3.29. The average molecular weight is 421 g/mol. The Labute approximate surface area is 174 Å². The van der Waals surface area contributed by atoms with Crippen LogP contribution in [-0.4, -0.2) is 42.0 Å². The van der Waals surface area contributed by atoms with Crippen molar-refractivity contribution < 1.29 is 9.59 Å². The summed E-state index contributed by atoms with van der Waals surface area (Å²) in [6.07, 6.45) is 3.42. The van der Waals surface area contributed by atoms with E-state index in [0.29, 0.717) is 5.02 Å². The standard InChI is InChI=1S/C20H22Cl2N4O2/c1-13(24-20(28)15-5-4-6-16(21)18(15)22)19(27)25-14-8-11-26(12-9-14)17-7-2-3-10-23-17/h2-7,10,13-14H,8-9,11-12H2,1H3,(H,24,28)(H,25,27). The molecule has 1 fully saturated rings. The second-order valence-electron chi connectivity index (χ2n) is 6.75. The molecule has 0 bridgehead atoms. The van der Waals surface area contributed by atoms with Crippen LogP contribution in [-0.2, 0) is 4.79 Å². The van der Waals surface area contributed by atoms with Crippen molar-refractivity contribution in [2.24, 2.45) is 0 Å². The zero-order valence-electron chi connectivity index (χ0n) is 15.5. The van der Waals surface area contributed by atoms with Crippen LogP contribution in [0.3, 0.4) is 0 Å². The number of hydrogen-bond acceptors (Lipinski definition) is 4. The molecule has 1 unspecified atom stereocenters. The van der Waals surface area contributed by atoms with Gasteiger partial charge in [-0.1, -0.05) is 35.3 Å². The molecular formula is C20H22Cl2N4O2. The number of hydrogen-bond donors (Lipinski definition) is 2. The van der Waals surface area contributed by atoms with Crippen molar-refractivity contribution in [3.63, 3.8) is 0 Å². The van der Waals surface area contributed by atoms with Gasteiger partial charge < -0.3 is 15.5 Å². The van der Waals surface area contributed by atoms with Gasteiger partial charge in [0.2, 0.25) is 5.91 Å². The Bertz CT molecular complexity index is 839. The van der Waals surface area contributed by atoms with Gasteiger partial charge in [-0.15, -0.1) is 0 Å². The first-order valence-corrected chi connectivity index (χ1v) is 9.92. The highest BCUT2D eigenvalue weighted by Gasteiger charge is 2.24. The Morgan fingerprint density at radius 1 is 1.14 bits per heavy atom. The van der Waals surface area contributed by atoms with Crippen LogP contribution in [0.15, 0.2) is 42.6 Å². The van der Waals surface area contributed by atoms with E-state index < -0.39 is 11.9 Å². The molecule has 3 rings (SSSR count). The minimum Gasteiger partial charge on any atom is -0.356 e. The molecule has 0 saturated carbocycles. The summed E-state index contributed by atoms with van der Waals surface area (Å²) in [7, 11) is 0. The summed E-state index contributed by atoms with van der Waals surface area (Å²) in [5.74, 6) is 0.300. The van der Waals surface area contributed by atoms with Crippen LogP contribution in [0.5, 0.6) is 0 Å². The van der Waals surface area contributed by atoms with E-state index in [1.807, 2.05) is 18.2 Å². The fraction of sp³-hybridized carbons (Fsp3) is 0.350. The average Bonchev–Trinajstić information content (AvgIpc) is 2.71. The first-order valence-electron chi connectivity index (χ1n) is 9.17. The molecule has 1 aromatic heterocycles. The van der Waals surface area contributed by atoms with Crippen LogP contribution < -0.4 is 15.5 Å². The van der Waals surface area contributed by atoms with E-state index >= 15 is 0 Å². The van der Waals surface area contributed by atoms with Gasteiger partial charge in [0.25, 0.3) is 5.91 Å². The van der Waals surface area contributed by atoms with Gasteiger partial charge in [-0.05, 0) is 44.0 Å². The van der Waals surface area contributed by atoms with Gasteiger partial charge in [0.1, 0.15) is 11.9 Å². The van der Waals surface area contributed by atoms with Gasteiger partial charge in [0.15, 0.2) is 0 Å². The Hall–Kier alpha value is -2.31. The molecule has 0 aliphatic carbocycles. The number of piperidine rings is 1. The number of carbonyl (C=O) groups is 2. The van der Waals surface area contributed by atoms with E-state index in [2.05, 4.69) is 20.5 Å². The molecule has 1 aliphatic rings. The van der Waals surface area contributed by atoms with Gasteiger partial charge in [-0.3, -0.25) is 9.59 Å². The Kier molecular flexibility index (Phi) is 6.75. The number of aromatic nitrogens is 1. The molecule has 1 aromatic carbocycles. The van der Waals surface area contributed by atoms with E-state index in [-0.39, 0.29) is 22.5 Å². The van der Waals surface area contributed by atoms with Crippen molar-refractivity contribution >= 4 is 40.8 Å². The minimum absolute atomic E-state index is 0.0709. The van der Waals surface area contributed by atoms with Crippen LogP contribution >= 0.6 is 23.2 Å². The molecule has 2 heterocycles. The fourth-order valence-electron chi connectivity index (χ4n) is 3.14. The van der Waals surface area contributed by atoms with E-state index in [0.717, 1.165) is 31.7 Å². The maximum atomic E-state index is 12.5. The molecule has 1 saturated heterocycles. The van der Waals surface area contributed by atoms with Crippen molar-refractivity contribution in [3.8, 4) is 0 Å². The predicted molar refractivity (Wildman–Crippen MR) is 111 cm³/mol. The third-order valence-corrected chi connectivity index (χ3v) is 5.57. The molecule has 0 radical (unpaired) electrons. The van der Waals surface area contributed by atoms with Crippen LogP contribution in [0, 0.1) is 0 Å². The molecule has 2 amide bonds. The van der Waals surface area contributed by atoms with E-state index in [4.69, 9.17) is 23.2 Å². The maximum absolute atomic E-state index is 12.5. The van der Waals surface area contributed by atoms with E-state index in [9.17, 15) is 9.59 Å². The van der Waals surface area contributed by atoms with E-state index in [1.165, 1.54) is 0 Å². The second kappa shape index (κ2) is 9.26. The summed E-state index contributed by atoms with van der Waals surface area (Å²) >= 11 is 12.0. The normalized spacial score (nSPS) is 15.8. The summed E-state index contributed by atoms with van der Waals surface area (Å²) < 4.78 is 0. The molecule has 28 heavy (non-hydrogen) atoms. The first-order chi connectivity index (χ1) is 13.5. The Morgan fingerprint density at radius 3 is 2.57 bits per heavy atom. The highest BCUT2D eigenvalue weighted by molar-refractivity contribution is 6.43. The minimum atomic E-state index is -0.684. The van der Waals surface area contributed by atoms with E-state index in [1.54, 1.807) is 31.3 Å². The quantitative estimate of drug-likeness (QED) is 0.777. The lowest BCUT2D eigenvalue weighted by Crippen LogP contribution is -2.51. The van der Waals surface area contributed by atoms with Crippen molar-refractivity contribution in [1.29, 1.82) is 0 Å². The number of pyridine rings is 1. The van der Waals surface area contributed by atoms with Gasteiger partial charge in [-0.25, -0.2) is 4.98 Å². The van der Waals surface area contributed by atoms with Gasteiger partial charge >= 0.3 is 0 Å². The van der Waals surface area contributed by atoms with Crippen LogP contribution in [0.2, 0.25) is 10.0 Å². The Balaban J connectivity index is 1.49. The molecular weight excluding hydrogens is 399 g/mol. The summed E-state index contributed by atoms with van der Waals surface area (Å²) in [6, 6.07) is 10.0. The molecule has 6 nitrogen and oxygen atoms in total. The molecule has 2 N–H and O–H groups in total. The summed E-state index contributed by atoms with van der Waals surface area (Å²) in [5.41, 5.74) is 0.248. The maximum Gasteiger partial charge on any atom is 0.253 e. The molecule has 8 heteroatoms. The number of nitrogens with one attached hydrogen (secondary N) is 2. The fourth-order valence-corrected chi connectivity index (χ4v) is 3.53. The third-order valence-electron chi connectivity index (χ3n) is 4.75. The number of anilines is 1. The molecule has 148 valence electrons. The number of amides is 2. The van der Waals surface area contributed by atoms with Gasteiger partial charge in [0, 0.05) is 25.3 Å². The molecule has 0 spiro atoms. The monoisotopic (exact) mass is 420 g/mol. The topological polar surface area (TPSA) is 74.3 Å². The number of benzene rings is 1. The van der Waals surface area contributed by atoms with Crippen molar-refractivity contribution in [2.45, 2.75) is 31.8 Å². The highest BCUT2D eigenvalue weighted by Crippen LogP contribution is 2.25. The van der Waals surface area contributed by atoms with Crippen molar-refractivity contribution in [2.75, 3.05) is 18.0 Å². The Morgan fingerprint density at radius 2 is 1.89 bits per heavy atom. The van der Waals surface area contributed by atoms with Crippen molar-refractivity contribution in [3.05, 3.63) is 58.2 Å². The third kappa shape index (κ3) is 4.94. The molecule has 1 atom stereocenters. The largest absolute Gasteiger partial charge is 0.356 e. The van der Waals surface area contributed by atoms with Crippen LogP contribution in [0.1, 0.15) is 30.1 Å². The lowest BCUT2D eigenvalue weighted by atomic mass is 10.0. The lowest BCUT2D eigenvalue weighted by Gasteiger charge is -2.33. The van der Waals surface area contributed by atoms with Gasteiger partial charge in [-0.2, -0.15) is 0 Å². The number of nitrogens with zero attached hydrogens (tertiary/aromatic N) is 2. The predicted octanol–water partition coefficient (Wildman–Crippen LogP) is 3.29. The zero-order valence-corrected chi connectivity index (χ0v) is 17.0. The second-order valence-corrected chi connectivity index (χ2v) is 7.54. The zero-order chi connectivity index (χ0) is 20.1. The smallest absolute Gasteiger partial charge is 0.253 e. The number of halogens is 2. The number of carbonyl (C=O) groups excluding carboxylic acids is 2. The SMILES string of the molecule is CC(NC(=O)c1cccc(Cl)c1Cl)C(=O)NC1CCN(c2ccccn2)CC1. The molecule has 1 aliphatic heterocycles. The van der Waals surface area contributed by atoms with Crippen molar-refractivity contribution in [1.82, 2.24) is 15.6 Å². The van der Waals surface area contributed by atoms with Gasteiger partial charge in [0.05, 0.1) is 15.6 Å². The first kappa shape index (κ1) is 20.4. The number of rotatable bonds is 5. The highest BCUT2D eigenvalue weighted by atomic mass is 35.5. The lowest BCUT2D eigenvalue weighted by molar-refractivity contribution is -0.123.